The predicted octanol–water partition coefficient (Wildman–Crippen LogP) is 4.74. The fourth-order valence-electron chi connectivity index (χ4n) is 5.04. The second-order valence-electron chi connectivity index (χ2n) is 10.6. The first-order valence-electron chi connectivity index (χ1n) is 12.8. The van der Waals surface area contributed by atoms with Gasteiger partial charge in [0.25, 0.3) is 0 Å². The van der Waals surface area contributed by atoms with Crippen molar-refractivity contribution in [2.75, 3.05) is 57.4 Å². The molecule has 3 N–H and O–H groups in total. The predicted molar refractivity (Wildman–Crippen MR) is 154 cm³/mol. The molecule has 0 unspecified atom stereocenters. The highest BCUT2D eigenvalue weighted by Gasteiger charge is 2.25. The zero-order valence-corrected chi connectivity index (χ0v) is 23.1. The van der Waals surface area contributed by atoms with Gasteiger partial charge in [-0.25, -0.2) is 9.97 Å². The Morgan fingerprint density at radius 1 is 1.16 bits per heavy atom. The van der Waals surface area contributed by atoms with Gasteiger partial charge in [-0.3, -0.25) is 0 Å². The molecule has 2 aromatic heterocycles. The van der Waals surface area contributed by atoms with Gasteiger partial charge in [-0.15, -0.1) is 0 Å². The molecular weight excluding hydrogens is 478 g/mol. The minimum absolute atomic E-state index is 0.0346. The van der Waals surface area contributed by atoms with E-state index in [0.717, 1.165) is 41.1 Å². The number of ether oxygens (including phenoxy) is 2. The summed E-state index contributed by atoms with van der Waals surface area (Å²) < 4.78 is 13.9. The smallest absolute Gasteiger partial charge is 0.227 e. The molecule has 0 fully saturated rings. The molecule has 1 aliphatic rings. The van der Waals surface area contributed by atoms with Crippen molar-refractivity contribution in [1.29, 1.82) is 0 Å². The number of nitrogen functional groups attached to an aromatic ring is 1. The highest BCUT2D eigenvalue weighted by atomic mass is 16.5. The largest absolute Gasteiger partial charge is 0.494 e. The van der Waals surface area contributed by atoms with E-state index in [9.17, 15) is 0 Å². The third-order valence-electron chi connectivity index (χ3n) is 7.53. The number of nitrogens with zero attached hydrogens (tertiary/aromatic N) is 5. The van der Waals surface area contributed by atoms with Crippen molar-refractivity contribution in [2.45, 2.75) is 32.5 Å². The maximum atomic E-state index is 6.53. The third-order valence-corrected chi connectivity index (χ3v) is 7.53. The van der Waals surface area contributed by atoms with Crippen LogP contribution in [0.15, 0.2) is 48.7 Å². The molecule has 0 amide bonds. The van der Waals surface area contributed by atoms with Gasteiger partial charge in [0.15, 0.2) is 0 Å². The summed E-state index contributed by atoms with van der Waals surface area (Å²) in [6.45, 7) is 7.30. The van der Waals surface area contributed by atoms with Crippen LogP contribution in [-0.2, 0) is 17.9 Å². The third kappa shape index (κ3) is 4.75. The van der Waals surface area contributed by atoms with Gasteiger partial charge < -0.3 is 34.9 Å². The highest BCUT2D eigenvalue weighted by molar-refractivity contribution is 5.97. The molecule has 0 radical (unpaired) electrons. The molecule has 0 saturated carbocycles. The molecule has 38 heavy (non-hydrogen) atoms. The monoisotopic (exact) mass is 515 g/mol. The van der Waals surface area contributed by atoms with E-state index in [0.29, 0.717) is 36.3 Å². The number of methoxy groups -OCH3 is 1. The zero-order valence-electron chi connectivity index (χ0n) is 23.1. The number of nitrogens with one attached hydrogen (secondary N) is 1. The van der Waals surface area contributed by atoms with Crippen LogP contribution in [0.2, 0.25) is 0 Å². The first-order valence-corrected chi connectivity index (χ1v) is 12.8. The average molecular weight is 516 g/mol. The Labute approximate surface area is 224 Å². The topological polar surface area (TPSA) is 93.7 Å². The molecule has 0 bridgehead atoms. The molecule has 1 aliphatic heterocycles. The van der Waals surface area contributed by atoms with Crippen molar-refractivity contribution in [3.05, 3.63) is 54.4 Å². The number of hydrogen-bond donors (Lipinski definition) is 2. The summed E-state index contributed by atoms with van der Waals surface area (Å²) in [5.41, 5.74) is 13.0. The van der Waals surface area contributed by atoms with Crippen molar-refractivity contribution < 1.29 is 9.47 Å². The van der Waals surface area contributed by atoms with E-state index >= 15 is 0 Å². The number of aromatic nitrogens is 3. The van der Waals surface area contributed by atoms with E-state index < -0.39 is 0 Å². The molecule has 3 heterocycles. The van der Waals surface area contributed by atoms with Gasteiger partial charge in [0.1, 0.15) is 5.75 Å². The van der Waals surface area contributed by atoms with Gasteiger partial charge in [-0.2, -0.15) is 0 Å². The van der Waals surface area contributed by atoms with Crippen molar-refractivity contribution >= 4 is 33.9 Å². The maximum absolute atomic E-state index is 6.53. The lowest BCUT2D eigenvalue weighted by atomic mass is 10.0. The van der Waals surface area contributed by atoms with Crippen LogP contribution in [0, 0.1) is 0 Å². The van der Waals surface area contributed by atoms with Gasteiger partial charge in [0, 0.05) is 54.4 Å². The van der Waals surface area contributed by atoms with Crippen molar-refractivity contribution in [1.82, 2.24) is 19.4 Å². The van der Waals surface area contributed by atoms with Crippen LogP contribution in [0.5, 0.6) is 5.75 Å². The van der Waals surface area contributed by atoms with E-state index in [4.69, 9.17) is 20.2 Å². The van der Waals surface area contributed by atoms with E-state index in [1.54, 1.807) is 13.3 Å². The minimum atomic E-state index is -0.0346. The van der Waals surface area contributed by atoms with Crippen LogP contribution in [0.3, 0.4) is 0 Å². The quantitative estimate of drug-likeness (QED) is 0.325. The normalized spacial score (nSPS) is 13.6. The zero-order chi connectivity index (χ0) is 27.0. The van der Waals surface area contributed by atoms with E-state index in [2.05, 4.69) is 76.9 Å². The maximum Gasteiger partial charge on any atom is 0.227 e. The number of nitrogens with two attached hydrogens (primary N) is 1. The van der Waals surface area contributed by atoms with Crippen LogP contribution in [0.4, 0.5) is 23.0 Å². The van der Waals surface area contributed by atoms with Gasteiger partial charge in [0.05, 0.1) is 48.8 Å². The molecule has 0 saturated heterocycles. The van der Waals surface area contributed by atoms with E-state index in [1.165, 1.54) is 5.52 Å². The van der Waals surface area contributed by atoms with Crippen LogP contribution >= 0.6 is 0 Å². The lowest BCUT2D eigenvalue weighted by Gasteiger charge is -2.37. The number of hydrogen-bond acceptors (Lipinski definition) is 8. The molecule has 2 aromatic carbocycles. The van der Waals surface area contributed by atoms with Crippen molar-refractivity contribution in [2.24, 2.45) is 0 Å². The Bertz CT molecular complexity index is 1460. The Kier molecular flexibility index (Phi) is 6.90. The summed E-state index contributed by atoms with van der Waals surface area (Å²) >= 11 is 0. The second kappa shape index (κ2) is 10.2. The molecule has 5 rings (SSSR count). The fraction of sp³-hybridized carbons (Fsp3) is 0.379. The lowest BCUT2D eigenvalue weighted by Crippen LogP contribution is -2.47. The van der Waals surface area contributed by atoms with Gasteiger partial charge in [-0.05, 0) is 46.1 Å². The van der Waals surface area contributed by atoms with Gasteiger partial charge >= 0.3 is 0 Å². The fourth-order valence-corrected chi connectivity index (χ4v) is 5.04. The van der Waals surface area contributed by atoms with Crippen LogP contribution < -0.4 is 20.7 Å². The molecule has 0 spiro atoms. The van der Waals surface area contributed by atoms with Crippen molar-refractivity contribution in [3.63, 3.8) is 0 Å². The summed E-state index contributed by atoms with van der Waals surface area (Å²) in [6.07, 6.45) is 1.77. The number of likely N-dealkylation sites (N-methyl/N-ethyl adjacent to an activating group) is 2. The van der Waals surface area contributed by atoms with Gasteiger partial charge in [-0.1, -0.05) is 18.2 Å². The molecule has 200 valence electrons. The number of para-hydroxylation sites is 1. The molecule has 0 aliphatic carbocycles. The lowest BCUT2D eigenvalue weighted by molar-refractivity contribution is 0.0869. The Morgan fingerprint density at radius 3 is 2.71 bits per heavy atom. The first-order chi connectivity index (χ1) is 18.2. The summed E-state index contributed by atoms with van der Waals surface area (Å²) in [4.78, 5) is 13.7. The van der Waals surface area contributed by atoms with Crippen LogP contribution in [-0.4, -0.2) is 66.4 Å². The van der Waals surface area contributed by atoms with Gasteiger partial charge in [0.2, 0.25) is 5.95 Å². The first kappa shape index (κ1) is 25.8. The van der Waals surface area contributed by atoms with Crippen molar-refractivity contribution in [3.8, 4) is 17.0 Å². The Morgan fingerprint density at radius 2 is 1.95 bits per heavy atom. The van der Waals surface area contributed by atoms with Crippen LogP contribution in [0.1, 0.15) is 19.5 Å². The molecule has 9 nitrogen and oxygen atoms in total. The molecule has 0 atom stereocenters. The summed E-state index contributed by atoms with van der Waals surface area (Å²) in [6, 6.07) is 14.2. The summed E-state index contributed by atoms with van der Waals surface area (Å²) in [5, 5.41) is 4.50. The molecular formula is C29H37N7O2. The molecule has 9 heteroatoms. The number of anilines is 4. The number of benzene rings is 2. The summed E-state index contributed by atoms with van der Waals surface area (Å²) in [5.74, 6) is 1.13. The second-order valence-corrected chi connectivity index (χ2v) is 10.6. The Balaban J connectivity index is 1.48. The average Bonchev–Trinajstić information content (AvgIpc) is 3.23. The van der Waals surface area contributed by atoms with E-state index in [1.807, 2.05) is 25.2 Å². The number of rotatable bonds is 8. The van der Waals surface area contributed by atoms with Crippen LogP contribution in [0.25, 0.3) is 22.2 Å². The summed E-state index contributed by atoms with van der Waals surface area (Å²) in [7, 11) is 7.86. The Hall–Kier alpha value is -3.82. The van der Waals surface area contributed by atoms with E-state index in [-0.39, 0.29) is 5.54 Å². The highest BCUT2D eigenvalue weighted by Crippen LogP contribution is 2.38. The SMILES string of the molecule is COc1cc(N(C)CC(C)(C)N(C)C)c(N)cc1Nc1nccc(-c2c3n(c4ccccc24)CCOC3)n1. The molecule has 4 aromatic rings. The number of fused-ring (bicyclic) bond motifs is 3. The standard InChI is InChI=1S/C29H37N7O2/c1-29(2,34(3)4)18-35(5)24-16-26(37-6)22(15-20(24)30)33-28-31-12-11-21(32-28)27-19-9-7-8-10-23(19)36-13-14-38-17-25(27)36/h7-12,15-16H,13-14,17-18,30H2,1-6H3,(H,31,32,33). The minimum Gasteiger partial charge on any atom is -0.494 e.